The molecule has 1 aromatic heterocycles. The number of carboxylic acids is 1. The Hall–Kier alpha value is -3.20. The summed E-state index contributed by atoms with van der Waals surface area (Å²) in [6.45, 7) is 13.0. The molecule has 1 saturated heterocycles. The Balaban J connectivity index is 1.54. The smallest absolute Gasteiger partial charge is 0.336 e. The fraction of sp³-hybridized carbons (Fsp3) is 0.571. The van der Waals surface area contributed by atoms with Gasteiger partial charge in [-0.3, -0.25) is 4.79 Å². The van der Waals surface area contributed by atoms with Crippen molar-refractivity contribution >= 4 is 23.5 Å². The molecule has 1 aliphatic rings. The monoisotopic (exact) mass is 511 g/mol. The van der Waals surface area contributed by atoms with Gasteiger partial charge >= 0.3 is 5.97 Å². The second-order valence-corrected chi connectivity index (χ2v) is 11.6. The molecule has 0 aliphatic carbocycles. The third kappa shape index (κ3) is 7.41. The summed E-state index contributed by atoms with van der Waals surface area (Å²) < 4.78 is 6.09. The van der Waals surface area contributed by atoms with Crippen molar-refractivity contribution in [3.8, 4) is 0 Å². The van der Waals surface area contributed by atoms with Crippen LogP contribution in [0.5, 0.6) is 0 Å². The molecular weight excluding hydrogens is 470 g/mol. The molecule has 9 nitrogen and oxygen atoms in total. The fourth-order valence-electron chi connectivity index (χ4n) is 4.69. The number of nitrogens with zero attached hydrogens (tertiary/aromatic N) is 3. The van der Waals surface area contributed by atoms with Gasteiger partial charge in [-0.25, -0.2) is 14.8 Å². The van der Waals surface area contributed by atoms with Gasteiger partial charge in [0.05, 0.1) is 5.60 Å². The average Bonchev–Trinajstić information content (AvgIpc) is 2.83. The number of nitrogens with one attached hydrogen (secondary N) is 2. The van der Waals surface area contributed by atoms with E-state index in [2.05, 4.69) is 25.5 Å². The van der Waals surface area contributed by atoms with Gasteiger partial charge in [0.25, 0.3) is 5.91 Å². The predicted octanol–water partition coefficient (Wildman–Crippen LogP) is 4.36. The number of hydrogen-bond donors (Lipinski definition) is 3. The van der Waals surface area contributed by atoms with Crippen LogP contribution in [0.1, 0.15) is 71.2 Å². The van der Waals surface area contributed by atoms with E-state index < -0.39 is 22.6 Å². The zero-order chi connectivity index (χ0) is 27.3. The maximum Gasteiger partial charge on any atom is 0.336 e. The molecule has 1 amide bonds. The van der Waals surface area contributed by atoms with Gasteiger partial charge in [0.1, 0.15) is 0 Å². The molecule has 202 valence electrons. The number of piperidine rings is 1. The SMILES string of the molecule is CC(C)(C)O[C@](CCNC(=O)c1ccc(N2CCC(Nc3ncccn3)CC2)cc1)(C(=O)O)C(C)(C)C. The van der Waals surface area contributed by atoms with Crippen LogP contribution < -0.4 is 15.5 Å². The average molecular weight is 512 g/mol. The van der Waals surface area contributed by atoms with Crippen molar-refractivity contribution in [2.45, 2.75) is 78.0 Å². The molecule has 2 heterocycles. The van der Waals surface area contributed by atoms with Gasteiger partial charge in [-0.1, -0.05) is 20.8 Å². The van der Waals surface area contributed by atoms with E-state index in [-0.39, 0.29) is 18.9 Å². The normalized spacial score (nSPS) is 16.6. The molecule has 0 unspecified atom stereocenters. The molecule has 1 fully saturated rings. The number of hydrogen-bond acceptors (Lipinski definition) is 7. The first kappa shape index (κ1) is 28.4. The second-order valence-electron chi connectivity index (χ2n) is 11.6. The van der Waals surface area contributed by atoms with Crippen LogP contribution in [0.3, 0.4) is 0 Å². The lowest BCUT2D eigenvalue weighted by molar-refractivity contribution is -0.211. The number of carboxylic acid groups (broad SMARTS) is 1. The molecule has 2 aromatic rings. The molecular formula is C28H41N5O4. The quantitative estimate of drug-likeness (QED) is 0.455. The summed E-state index contributed by atoms with van der Waals surface area (Å²) in [7, 11) is 0. The Morgan fingerprint density at radius 3 is 2.14 bits per heavy atom. The highest BCUT2D eigenvalue weighted by molar-refractivity contribution is 5.94. The Morgan fingerprint density at radius 1 is 1.03 bits per heavy atom. The Bertz CT molecular complexity index is 1040. The lowest BCUT2D eigenvalue weighted by Gasteiger charge is -2.45. The highest BCUT2D eigenvalue weighted by Crippen LogP contribution is 2.40. The first-order valence-corrected chi connectivity index (χ1v) is 12.9. The Morgan fingerprint density at radius 2 is 1.62 bits per heavy atom. The summed E-state index contributed by atoms with van der Waals surface area (Å²) in [6, 6.07) is 9.68. The van der Waals surface area contributed by atoms with Crippen LogP contribution in [-0.4, -0.2) is 63.8 Å². The molecule has 0 saturated carbocycles. The van der Waals surface area contributed by atoms with Gasteiger partial charge in [0.15, 0.2) is 5.60 Å². The lowest BCUT2D eigenvalue weighted by atomic mass is 9.73. The number of ether oxygens (including phenoxy) is 1. The van der Waals surface area contributed by atoms with Crippen LogP contribution in [0.4, 0.5) is 11.6 Å². The van der Waals surface area contributed by atoms with Crippen LogP contribution in [0.15, 0.2) is 42.7 Å². The first-order chi connectivity index (χ1) is 17.3. The van der Waals surface area contributed by atoms with Crippen molar-refractivity contribution in [2.75, 3.05) is 29.9 Å². The number of benzene rings is 1. The van der Waals surface area contributed by atoms with Crippen LogP contribution in [0.25, 0.3) is 0 Å². The topological polar surface area (TPSA) is 117 Å². The third-order valence-corrected chi connectivity index (χ3v) is 6.69. The molecule has 0 spiro atoms. The molecule has 1 aromatic carbocycles. The molecule has 3 rings (SSSR count). The first-order valence-electron chi connectivity index (χ1n) is 12.9. The van der Waals surface area contributed by atoms with Crippen molar-refractivity contribution in [3.63, 3.8) is 0 Å². The predicted molar refractivity (Wildman–Crippen MR) is 145 cm³/mol. The molecule has 1 atom stereocenters. The van der Waals surface area contributed by atoms with Gasteiger partial charge in [-0.15, -0.1) is 0 Å². The number of amides is 1. The van der Waals surface area contributed by atoms with E-state index in [1.165, 1.54) is 0 Å². The molecule has 0 radical (unpaired) electrons. The van der Waals surface area contributed by atoms with E-state index in [0.29, 0.717) is 17.6 Å². The number of rotatable bonds is 9. The van der Waals surface area contributed by atoms with Crippen molar-refractivity contribution in [2.24, 2.45) is 5.41 Å². The minimum atomic E-state index is -1.43. The van der Waals surface area contributed by atoms with Gasteiger partial charge in [0, 0.05) is 61.2 Å². The highest BCUT2D eigenvalue weighted by atomic mass is 16.5. The van der Waals surface area contributed by atoms with E-state index in [4.69, 9.17) is 4.74 Å². The minimum absolute atomic E-state index is 0.157. The summed E-state index contributed by atoms with van der Waals surface area (Å²) >= 11 is 0. The number of carbonyl (C=O) groups is 2. The van der Waals surface area contributed by atoms with Crippen molar-refractivity contribution < 1.29 is 19.4 Å². The Labute approximate surface area is 220 Å². The van der Waals surface area contributed by atoms with Crippen LogP contribution in [0.2, 0.25) is 0 Å². The van der Waals surface area contributed by atoms with Gasteiger partial charge in [0.2, 0.25) is 5.95 Å². The third-order valence-electron chi connectivity index (χ3n) is 6.69. The zero-order valence-electron chi connectivity index (χ0n) is 22.9. The van der Waals surface area contributed by atoms with E-state index >= 15 is 0 Å². The summed E-state index contributed by atoms with van der Waals surface area (Å²) in [5.41, 5.74) is -1.14. The number of aliphatic carboxylic acids is 1. The maximum atomic E-state index is 12.8. The van der Waals surface area contributed by atoms with Gasteiger partial charge < -0.3 is 25.4 Å². The zero-order valence-corrected chi connectivity index (χ0v) is 22.9. The van der Waals surface area contributed by atoms with Gasteiger partial charge in [-0.05, 0) is 63.9 Å². The van der Waals surface area contributed by atoms with Crippen LogP contribution in [-0.2, 0) is 9.53 Å². The fourth-order valence-corrected chi connectivity index (χ4v) is 4.69. The summed E-state index contributed by atoms with van der Waals surface area (Å²) in [5.74, 6) is -0.602. The lowest BCUT2D eigenvalue weighted by Crippen LogP contribution is -2.57. The Kier molecular flexibility index (Phi) is 8.79. The second kappa shape index (κ2) is 11.5. The van der Waals surface area contributed by atoms with E-state index in [9.17, 15) is 14.7 Å². The van der Waals surface area contributed by atoms with E-state index in [1.54, 1.807) is 18.5 Å². The molecule has 37 heavy (non-hydrogen) atoms. The number of anilines is 2. The van der Waals surface area contributed by atoms with Crippen molar-refractivity contribution in [3.05, 3.63) is 48.3 Å². The maximum absolute atomic E-state index is 12.8. The number of carbonyl (C=O) groups excluding carboxylic acids is 1. The van der Waals surface area contributed by atoms with Crippen LogP contribution >= 0.6 is 0 Å². The molecule has 1 aliphatic heterocycles. The summed E-state index contributed by atoms with van der Waals surface area (Å²) in [6.07, 6.45) is 5.56. The van der Waals surface area contributed by atoms with Crippen molar-refractivity contribution in [1.82, 2.24) is 15.3 Å². The summed E-state index contributed by atoms with van der Waals surface area (Å²) in [5, 5.41) is 16.4. The molecule has 0 bridgehead atoms. The highest BCUT2D eigenvalue weighted by Gasteiger charge is 2.52. The standard InChI is InChI=1S/C28H41N5O4/c1-26(2,3)28(24(35)36,37-27(4,5)6)14-17-29-23(34)20-8-10-22(11-9-20)33-18-12-21(13-19-33)32-25-30-15-7-16-31-25/h7-11,15-16,21H,12-14,17-19H2,1-6H3,(H,29,34)(H,35,36)(H,30,31,32)/t28-/m1/s1. The number of aromatic nitrogens is 2. The largest absolute Gasteiger partial charge is 0.479 e. The van der Waals surface area contributed by atoms with E-state index in [1.807, 2.05) is 65.8 Å². The van der Waals surface area contributed by atoms with Crippen LogP contribution in [0, 0.1) is 5.41 Å². The van der Waals surface area contributed by atoms with Gasteiger partial charge in [-0.2, -0.15) is 0 Å². The molecule has 9 heteroatoms. The molecule has 3 N–H and O–H groups in total. The minimum Gasteiger partial charge on any atom is -0.479 e. The van der Waals surface area contributed by atoms with E-state index in [0.717, 1.165) is 31.6 Å². The van der Waals surface area contributed by atoms with Crippen molar-refractivity contribution in [1.29, 1.82) is 0 Å². The summed E-state index contributed by atoms with van der Waals surface area (Å²) in [4.78, 5) is 35.9.